The molecular weight excluding hydrogens is 315 g/mol. The lowest BCUT2D eigenvalue weighted by atomic mass is 9.93. The van der Waals surface area contributed by atoms with Gasteiger partial charge in [-0.3, -0.25) is 4.79 Å². The number of esters is 1. The quantitative estimate of drug-likeness (QED) is 0.752. The maximum absolute atomic E-state index is 11.9. The van der Waals surface area contributed by atoms with Crippen LogP contribution in [0.2, 0.25) is 0 Å². The van der Waals surface area contributed by atoms with E-state index < -0.39 is 18.9 Å². The summed E-state index contributed by atoms with van der Waals surface area (Å²) in [7, 11) is 0. The molecule has 0 aromatic rings. The van der Waals surface area contributed by atoms with Crippen LogP contribution in [0.1, 0.15) is 52.4 Å². The van der Waals surface area contributed by atoms with E-state index in [1.807, 2.05) is 13.8 Å². The highest BCUT2D eigenvalue weighted by molar-refractivity contribution is 5.72. The molecule has 0 heterocycles. The molecular formula is C15H24F3NO4. The van der Waals surface area contributed by atoms with Crippen molar-refractivity contribution in [2.45, 2.75) is 70.7 Å². The predicted molar refractivity (Wildman–Crippen MR) is 76.7 cm³/mol. The first-order valence-electron chi connectivity index (χ1n) is 7.95. The summed E-state index contributed by atoms with van der Waals surface area (Å²) >= 11 is 0. The summed E-state index contributed by atoms with van der Waals surface area (Å²) in [6.45, 7) is 2.27. The van der Waals surface area contributed by atoms with E-state index >= 15 is 0 Å². The molecule has 0 atom stereocenters. The Hall–Kier alpha value is -1.47. The molecule has 1 aliphatic carbocycles. The third kappa shape index (κ3) is 7.56. The Morgan fingerprint density at radius 3 is 2.17 bits per heavy atom. The molecule has 0 saturated heterocycles. The zero-order valence-corrected chi connectivity index (χ0v) is 13.4. The molecule has 23 heavy (non-hydrogen) atoms. The molecule has 1 saturated carbocycles. The molecule has 1 amide bonds. The number of carbonyl (C=O) groups excluding carboxylic acids is 2. The van der Waals surface area contributed by atoms with Crippen LogP contribution in [-0.4, -0.2) is 37.0 Å². The van der Waals surface area contributed by atoms with Crippen molar-refractivity contribution in [1.29, 1.82) is 0 Å². The van der Waals surface area contributed by atoms with Crippen LogP contribution in [0.4, 0.5) is 18.0 Å². The average molecular weight is 339 g/mol. The number of alkyl halides is 3. The van der Waals surface area contributed by atoms with E-state index in [-0.39, 0.29) is 24.0 Å². The normalized spacial score (nSPS) is 21.8. The molecule has 0 unspecified atom stereocenters. The first-order chi connectivity index (χ1) is 10.7. The lowest BCUT2D eigenvalue weighted by molar-refractivity contribution is -0.160. The number of carbonyl (C=O) groups is 2. The monoisotopic (exact) mass is 339 g/mol. The van der Waals surface area contributed by atoms with Crippen molar-refractivity contribution >= 4 is 12.1 Å². The first-order valence-corrected chi connectivity index (χ1v) is 7.95. The number of hydrogen-bond donors (Lipinski definition) is 1. The zero-order chi connectivity index (χ0) is 17.5. The maximum atomic E-state index is 11.9. The van der Waals surface area contributed by atoms with E-state index in [2.05, 4.69) is 10.1 Å². The minimum Gasteiger partial charge on any atom is -0.462 e. The van der Waals surface area contributed by atoms with E-state index in [0.717, 1.165) is 12.8 Å². The highest BCUT2D eigenvalue weighted by atomic mass is 19.4. The number of halogens is 3. The number of nitrogens with one attached hydrogen (secondary N) is 1. The molecule has 0 spiro atoms. The van der Waals surface area contributed by atoms with Crippen LogP contribution in [0.5, 0.6) is 0 Å². The average Bonchev–Trinajstić information content (AvgIpc) is 2.48. The second-order valence-corrected chi connectivity index (χ2v) is 5.76. The Kier molecular flexibility index (Phi) is 7.64. The lowest BCUT2D eigenvalue weighted by Crippen LogP contribution is -2.41. The molecule has 0 aliphatic heterocycles. The van der Waals surface area contributed by atoms with E-state index in [1.54, 1.807) is 0 Å². The van der Waals surface area contributed by atoms with Gasteiger partial charge in [0.1, 0.15) is 6.10 Å². The summed E-state index contributed by atoms with van der Waals surface area (Å²) in [5, 5.41) is 2.41. The second-order valence-electron chi connectivity index (χ2n) is 5.76. The van der Waals surface area contributed by atoms with E-state index in [4.69, 9.17) is 4.74 Å². The van der Waals surface area contributed by atoms with Crippen LogP contribution in [0.3, 0.4) is 0 Å². The van der Waals surface area contributed by atoms with Crippen molar-refractivity contribution < 1.29 is 32.2 Å². The number of alkyl carbamates (subject to hydrolysis) is 1. The lowest BCUT2D eigenvalue weighted by Gasteiger charge is -2.29. The number of rotatable bonds is 6. The fourth-order valence-corrected chi connectivity index (χ4v) is 2.56. The Morgan fingerprint density at radius 2 is 1.70 bits per heavy atom. The summed E-state index contributed by atoms with van der Waals surface area (Å²) in [5.74, 6) is -0.292. The Morgan fingerprint density at radius 1 is 1.13 bits per heavy atom. The number of ether oxygens (including phenoxy) is 2. The molecule has 1 fully saturated rings. The van der Waals surface area contributed by atoms with Crippen LogP contribution in [0, 0.1) is 5.92 Å². The maximum Gasteiger partial charge on any atom is 0.422 e. The van der Waals surface area contributed by atoms with Crippen molar-refractivity contribution in [3.8, 4) is 0 Å². The highest BCUT2D eigenvalue weighted by Crippen LogP contribution is 2.23. The molecule has 134 valence electrons. The van der Waals surface area contributed by atoms with Gasteiger partial charge in [0.05, 0.1) is 5.92 Å². The van der Waals surface area contributed by atoms with Gasteiger partial charge in [0.15, 0.2) is 6.61 Å². The SMILES string of the molecule is CCC(CC)C(=O)OC1CCC(NC(=O)OCC(F)(F)F)CC1. The predicted octanol–water partition coefficient (Wildman–Crippen LogP) is 3.57. The van der Waals surface area contributed by atoms with Crippen LogP contribution < -0.4 is 5.32 Å². The second kappa shape index (κ2) is 8.98. The molecule has 1 rings (SSSR count). The smallest absolute Gasteiger partial charge is 0.422 e. The minimum atomic E-state index is -4.53. The van der Waals surface area contributed by atoms with Crippen molar-refractivity contribution in [1.82, 2.24) is 5.32 Å². The van der Waals surface area contributed by atoms with Gasteiger partial charge in [-0.2, -0.15) is 13.2 Å². The van der Waals surface area contributed by atoms with Gasteiger partial charge in [-0.1, -0.05) is 13.8 Å². The fraction of sp³-hybridized carbons (Fsp3) is 0.867. The highest BCUT2D eigenvalue weighted by Gasteiger charge is 2.31. The molecule has 8 heteroatoms. The van der Waals surface area contributed by atoms with Gasteiger partial charge in [0, 0.05) is 6.04 Å². The van der Waals surface area contributed by atoms with Gasteiger partial charge in [0.2, 0.25) is 0 Å². The molecule has 0 aromatic carbocycles. The summed E-state index contributed by atoms with van der Waals surface area (Å²) in [5.41, 5.74) is 0. The van der Waals surface area contributed by atoms with Crippen molar-refractivity contribution in [3.63, 3.8) is 0 Å². The van der Waals surface area contributed by atoms with Crippen LogP contribution >= 0.6 is 0 Å². The van der Waals surface area contributed by atoms with Crippen molar-refractivity contribution in [2.75, 3.05) is 6.61 Å². The third-order valence-electron chi connectivity index (χ3n) is 3.96. The molecule has 1 aliphatic rings. The molecule has 0 aromatic heterocycles. The summed E-state index contributed by atoms with van der Waals surface area (Å²) in [6, 6.07) is -0.251. The van der Waals surface area contributed by atoms with Gasteiger partial charge in [-0.15, -0.1) is 0 Å². The first kappa shape index (κ1) is 19.6. The molecule has 0 bridgehead atoms. The summed E-state index contributed by atoms with van der Waals surface area (Å²) in [6.07, 6.45) is -2.07. The van der Waals surface area contributed by atoms with Crippen LogP contribution in [-0.2, 0) is 14.3 Å². The minimum absolute atomic E-state index is 0.0943. The fourth-order valence-electron chi connectivity index (χ4n) is 2.56. The standard InChI is InChI=1S/C15H24F3NO4/c1-3-10(4-2)13(20)23-12-7-5-11(6-8-12)19-14(21)22-9-15(16,17)18/h10-12H,3-9H2,1-2H3,(H,19,21). The van der Waals surface area contributed by atoms with Gasteiger partial charge < -0.3 is 14.8 Å². The van der Waals surface area contributed by atoms with Crippen molar-refractivity contribution in [3.05, 3.63) is 0 Å². The van der Waals surface area contributed by atoms with Gasteiger partial charge in [-0.05, 0) is 38.5 Å². The zero-order valence-electron chi connectivity index (χ0n) is 13.4. The topological polar surface area (TPSA) is 64.6 Å². The Labute approximate surface area is 133 Å². The Balaban J connectivity index is 2.27. The molecule has 1 N–H and O–H groups in total. The summed E-state index contributed by atoms with van der Waals surface area (Å²) in [4.78, 5) is 23.2. The number of amides is 1. The van der Waals surface area contributed by atoms with Crippen LogP contribution in [0.15, 0.2) is 0 Å². The molecule has 5 nitrogen and oxygen atoms in total. The van der Waals surface area contributed by atoms with Gasteiger partial charge >= 0.3 is 18.2 Å². The number of hydrogen-bond acceptors (Lipinski definition) is 4. The van der Waals surface area contributed by atoms with Gasteiger partial charge in [-0.25, -0.2) is 4.79 Å². The van der Waals surface area contributed by atoms with E-state index in [1.165, 1.54) is 0 Å². The largest absolute Gasteiger partial charge is 0.462 e. The summed E-state index contributed by atoms with van der Waals surface area (Å²) < 4.78 is 45.4. The van der Waals surface area contributed by atoms with E-state index in [0.29, 0.717) is 25.7 Å². The third-order valence-corrected chi connectivity index (χ3v) is 3.96. The Bertz CT molecular complexity index is 389. The van der Waals surface area contributed by atoms with Crippen molar-refractivity contribution in [2.24, 2.45) is 5.92 Å². The van der Waals surface area contributed by atoms with E-state index in [9.17, 15) is 22.8 Å². The molecule has 0 radical (unpaired) electrons. The van der Waals surface area contributed by atoms with Crippen LogP contribution in [0.25, 0.3) is 0 Å². The van der Waals surface area contributed by atoms with Gasteiger partial charge in [0.25, 0.3) is 0 Å².